The maximum Gasteiger partial charge on any atom is 0.264 e. The first-order chi connectivity index (χ1) is 19.4. The number of carbonyl (C=O) groups excluding carboxylic acids is 2. The molecular weight excluding hydrogens is 589 g/mol. The maximum absolute atomic E-state index is 14.0. The topological polar surface area (TPSA) is 105 Å². The van der Waals surface area contributed by atoms with Gasteiger partial charge in [0.05, 0.1) is 24.8 Å². The van der Waals surface area contributed by atoms with Crippen molar-refractivity contribution in [3.05, 3.63) is 82.3 Å². The lowest BCUT2D eigenvalue weighted by molar-refractivity contribution is -0.139. The number of sulfonamides is 1. The Hall–Kier alpha value is -3.47. The minimum absolute atomic E-state index is 0.0550. The molecule has 3 aromatic carbocycles. The molecule has 2 amide bonds. The summed E-state index contributed by atoms with van der Waals surface area (Å²) < 4.78 is 39.5. The fraction of sp³-hybridized carbons (Fsp3) is 0.310. The molecule has 0 aliphatic rings. The predicted molar refractivity (Wildman–Crippen MR) is 160 cm³/mol. The van der Waals surface area contributed by atoms with Gasteiger partial charge in [-0.2, -0.15) is 0 Å². The van der Waals surface area contributed by atoms with Crippen LogP contribution in [0.2, 0.25) is 10.0 Å². The van der Waals surface area contributed by atoms with Gasteiger partial charge in [0.25, 0.3) is 10.0 Å². The third-order valence-corrected chi connectivity index (χ3v) is 8.58. The summed E-state index contributed by atoms with van der Waals surface area (Å²) in [6.45, 7) is 4.54. The van der Waals surface area contributed by atoms with Crippen LogP contribution in [0.3, 0.4) is 0 Å². The minimum atomic E-state index is -4.29. The van der Waals surface area contributed by atoms with Gasteiger partial charge < -0.3 is 19.7 Å². The molecule has 3 aromatic rings. The van der Waals surface area contributed by atoms with E-state index in [-0.39, 0.29) is 28.9 Å². The second kappa shape index (κ2) is 13.9. The fourth-order valence-corrected chi connectivity index (χ4v) is 5.95. The van der Waals surface area contributed by atoms with Gasteiger partial charge in [-0.05, 0) is 62.7 Å². The van der Waals surface area contributed by atoms with Gasteiger partial charge in [0.1, 0.15) is 12.6 Å². The van der Waals surface area contributed by atoms with Crippen molar-refractivity contribution in [3.63, 3.8) is 0 Å². The minimum Gasteiger partial charge on any atom is -0.493 e. The third kappa shape index (κ3) is 7.84. The van der Waals surface area contributed by atoms with Gasteiger partial charge in [-0.1, -0.05) is 47.5 Å². The van der Waals surface area contributed by atoms with Crippen molar-refractivity contribution >= 4 is 50.7 Å². The number of benzene rings is 3. The zero-order valence-electron chi connectivity index (χ0n) is 23.4. The van der Waals surface area contributed by atoms with Gasteiger partial charge in [-0.3, -0.25) is 13.9 Å². The lowest BCUT2D eigenvalue weighted by Crippen LogP contribution is -2.52. The molecule has 12 heteroatoms. The summed E-state index contributed by atoms with van der Waals surface area (Å²) in [6.07, 6.45) is 0. The zero-order chi connectivity index (χ0) is 30.3. The van der Waals surface area contributed by atoms with Crippen LogP contribution in [0.15, 0.2) is 71.6 Å². The predicted octanol–water partition coefficient (Wildman–Crippen LogP) is 5.15. The summed E-state index contributed by atoms with van der Waals surface area (Å²) >= 11 is 12.5. The molecule has 1 N–H and O–H groups in total. The van der Waals surface area contributed by atoms with Crippen LogP contribution >= 0.6 is 23.2 Å². The summed E-state index contributed by atoms with van der Waals surface area (Å²) in [6, 6.07) is 16.1. The van der Waals surface area contributed by atoms with Crippen molar-refractivity contribution in [3.8, 4) is 11.5 Å². The maximum atomic E-state index is 14.0. The van der Waals surface area contributed by atoms with E-state index in [0.29, 0.717) is 21.4 Å². The smallest absolute Gasteiger partial charge is 0.264 e. The number of para-hydroxylation sites is 1. The number of halogens is 2. The molecule has 0 aliphatic heterocycles. The number of nitrogens with one attached hydrogen (secondary N) is 1. The monoisotopic (exact) mass is 621 g/mol. The summed E-state index contributed by atoms with van der Waals surface area (Å²) in [5, 5.41) is 3.53. The van der Waals surface area contributed by atoms with Crippen LogP contribution in [0.25, 0.3) is 0 Å². The van der Waals surface area contributed by atoms with E-state index in [1.54, 1.807) is 63.2 Å². The highest BCUT2D eigenvalue weighted by Crippen LogP contribution is 2.32. The normalized spacial score (nSPS) is 12.0. The van der Waals surface area contributed by atoms with E-state index < -0.39 is 34.4 Å². The first kappa shape index (κ1) is 32.0. The third-order valence-electron chi connectivity index (χ3n) is 6.22. The average molecular weight is 623 g/mol. The first-order valence-corrected chi connectivity index (χ1v) is 14.9. The highest BCUT2D eigenvalue weighted by Gasteiger charge is 2.33. The van der Waals surface area contributed by atoms with E-state index in [2.05, 4.69) is 5.32 Å². The zero-order valence-corrected chi connectivity index (χ0v) is 25.8. The second-order valence-electron chi connectivity index (χ2n) is 9.46. The Morgan fingerprint density at radius 2 is 1.56 bits per heavy atom. The molecular formula is C29H33Cl2N3O6S. The van der Waals surface area contributed by atoms with Crippen LogP contribution in [0, 0.1) is 0 Å². The molecule has 9 nitrogen and oxygen atoms in total. The number of carbonyl (C=O) groups is 2. The lowest BCUT2D eigenvalue weighted by Gasteiger charge is -2.32. The SMILES string of the molecule is COc1ccc(S(=O)(=O)N(CC(=O)N(Cc2ccc(Cl)cc2Cl)[C@@H](C)C(=O)NC(C)C)c2ccccc2)cc1OC. The molecule has 0 fully saturated rings. The van der Waals surface area contributed by atoms with Gasteiger partial charge in [0.15, 0.2) is 11.5 Å². The molecule has 0 aliphatic carbocycles. The Labute approximate surface area is 251 Å². The highest BCUT2D eigenvalue weighted by atomic mass is 35.5. The lowest BCUT2D eigenvalue weighted by atomic mass is 10.1. The molecule has 0 spiro atoms. The molecule has 0 saturated carbocycles. The number of hydrogen-bond acceptors (Lipinski definition) is 6. The van der Waals surface area contributed by atoms with E-state index in [4.69, 9.17) is 32.7 Å². The number of hydrogen-bond donors (Lipinski definition) is 1. The summed E-state index contributed by atoms with van der Waals surface area (Å²) in [4.78, 5) is 28.2. The second-order valence-corrected chi connectivity index (χ2v) is 12.2. The summed E-state index contributed by atoms with van der Waals surface area (Å²) in [5.74, 6) is -0.446. The van der Waals surface area contributed by atoms with Crippen LogP contribution in [0.1, 0.15) is 26.3 Å². The molecule has 0 aromatic heterocycles. The number of ether oxygens (including phenoxy) is 2. The first-order valence-electron chi connectivity index (χ1n) is 12.7. The van der Waals surface area contributed by atoms with Crippen LogP contribution < -0.4 is 19.1 Å². The largest absolute Gasteiger partial charge is 0.493 e. The summed E-state index contributed by atoms with van der Waals surface area (Å²) in [5.41, 5.74) is 0.807. The Kier molecular flexibility index (Phi) is 10.9. The molecule has 0 radical (unpaired) electrons. The van der Waals surface area contributed by atoms with Gasteiger partial charge in [0, 0.05) is 28.7 Å². The Balaban J connectivity index is 2.06. The standard InChI is InChI=1S/C29H33Cl2N3O6S/c1-19(2)32-29(36)20(3)33(17-21-11-12-22(30)15-25(21)31)28(35)18-34(23-9-7-6-8-10-23)41(37,38)24-13-14-26(39-4)27(16-24)40-5/h6-16,19-20H,17-18H2,1-5H3,(H,32,36)/t20-/m0/s1. The average Bonchev–Trinajstić information content (AvgIpc) is 2.94. The van der Waals surface area contributed by atoms with Crippen LogP contribution in [-0.2, 0) is 26.2 Å². The van der Waals surface area contributed by atoms with Crippen molar-refractivity contribution < 1.29 is 27.5 Å². The number of amides is 2. The fourth-order valence-electron chi connectivity index (χ4n) is 4.05. The van der Waals surface area contributed by atoms with Crippen molar-refractivity contribution in [2.75, 3.05) is 25.1 Å². The van der Waals surface area contributed by atoms with E-state index in [9.17, 15) is 18.0 Å². The van der Waals surface area contributed by atoms with Gasteiger partial charge in [-0.15, -0.1) is 0 Å². The molecule has 0 heterocycles. The van der Waals surface area contributed by atoms with Gasteiger partial charge in [0.2, 0.25) is 11.8 Å². The van der Waals surface area contributed by atoms with Crippen LogP contribution in [0.5, 0.6) is 11.5 Å². The van der Waals surface area contributed by atoms with Crippen molar-refractivity contribution in [1.29, 1.82) is 0 Å². The molecule has 0 saturated heterocycles. The van der Waals surface area contributed by atoms with Gasteiger partial charge in [-0.25, -0.2) is 8.42 Å². The molecule has 1 atom stereocenters. The molecule has 0 bridgehead atoms. The van der Waals surface area contributed by atoms with E-state index in [1.165, 1.54) is 43.4 Å². The number of rotatable bonds is 12. The van der Waals surface area contributed by atoms with Gasteiger partial charge >= 0.3 is 0 Å². The molecule has 0 unspecified atom stereocenters. The Bertz CT molecular complexity index is 1490. The van der Waals surface area contributed by atoms with Crippen LogP contribution in [0.4, 0.5) is 5.69 Å². The quantitative estimate of drug-likeness (QED) is 0.300. The summed E-state index contributed by atoms with van der Waals surface area (Å²) in [7, 11) is -1.44. The van der Waals surface area contributed by atoms with Crippen molar-refractivity contribution in [2.24, 2.45) is 0 Å². The number of anilines is 1. The van der Waals surface area contributed by atoms with Crippen molar-refractivity contribution in [1.82, 2.24) is 10.2 Å². The Morgan fingerprint density at radius 3 is 2.15 bits per heavy atom. The molecule has 220 valence electrons. The highest BCUT2D eigenvalue weighted by molar-refractivity contribution is 7.92. The Morgan fingerprint density at radius 1 is 0.902 bits per heavy atom. The van der Waals surface area contributed by atoms with E-state index in [0.717, 1.165) is 4.31 Å². The number of methoxy groups -OCH3 is 2. The number of nitrogens with zero attached hydrogens (tertiary/aromatic N) is 2. The van der Waals surface area contributed by atoms with E-state index >= 15 is 0 Å². The van der Waals surface area contributed by atoms with E-state index in [1.807, 2.05) is 0 Å². The molecule has 41 heavy (non-hydrogen) atoms. The van der Waals surface area contributed by atoms with Crippen LogP contribution in [-0.4, -0.2) is 58.0 Å². The van der Waals surface area contributed by atoms with Crippen molar-refractivity contribution in [2.45, 2.75) is 44.3 Å². The molecule has 3 rings (SSSR count).